The lowest BCUT2D eigenvalue weighted by molar-refractivity contribution is -0.150. The normalized spacial score (nSPS) is 13.1. The van der Waals surface area contributed by atoms with Gasteiger partial charge in [-0.3, -0.25) is 4.79 Å². The molecule has 0 bridgehead atoms. The van der Waals surface area contributed by atoms with Gasteiger partial charge in [-0.15, -0.1) is 0 Å². The maximum absolute atomic E-state index is 13.4. The number of benzene rings is 1. The molecule has 0 radical (unpaired) electrons. The van der Waals surface area contributed by atoms with E-state index in [9.17, 15) is 19.5 Å². The second-order valence-corrected chi connectivity index (χ2v) is 10.4. The molecule has 2 aromatic heterocycles. The van der Waals surface area contributed by atoms with Crippen LogP contribution >= 0.6 is 0 Å². The third-order valence-electron chi connectivity index (χ3n) is 6.66. The smallest absolute Gasteiger partial charge is 0.337 e. The summed E-state index contributed by atoms with van der Waals surface area (Å²) in [5, 5.41) is 11.2. The Morgan fingerprint density at radius 3 is 2.49 bits per heavy atom. The predicted octanol–water partition coefficient (Wildman–Crippen LogP) is 5.06. The molecule has 1 aromatic carbocycles. The molecule has 1 aliphatic heterocycles. The second kappa shape index (κ2) is 13.2. The number of fused-ring (bicyclic) bond motifs is 4. The van der Waals surface area contributed by atoms with Crippen molar-refractivity contribution >= 4 is 23.2 Å². The topological polar surface area (TPSA) is 117 Å². The lowest BCUT2D eigenvalue weighted by atomic mass is 9.98. The van der Waals surface area contributed by atoms with E-state index in [1.165, 1.54) is 7.11 Å². The van der Waals surface area contributed by atoms with E-state index in [1.807, 2.05) is 53.7 Å². The molecule has 0 amide bonds. The third kappa shape index (κ3) is 6.57. The molecule has 220 valence electrons. The molecule has 3 heterocycles. The number of aliphatic hydroxyl groups excluding tert-OH is 1. The van der Waals surface area contributed by atoms with Gasteiger partial charge in [0.1, 0.15) is 24.1 Å². The van der Waals surface area contributed by atoms with E-state index < -0.39 is 17.7 Å². The monoisotopic (exact) mass is 564 g/mol. The van der Waals surface area contributed by atoms with E-state index in [4.69, 9.17) is 19.2 Å². The van der Waals surface area contributed by atoms with Crippen LogP contribution in [0.15, 0.2) is 40.7 Å². The molecule has 1 N–H and O–H groups in total. The number of esters is 1. The average Bonchev–Trinajstić information content (AvgIpc) is 3.31. The molecule has 0 fully saturated rings. The van der Waals surface area contributed by atoms with Gasteiger partial charge in [-0.1, -0.05) is 26.8 Å². The van der Waals surface area contributed by atoms with Crippen molar-refractivity contribution in [1.29, 1.82) is 0 Å². The zero-order valence-corrected chi connectivity index (χ0v) is 25.2. The van der Waals surface area contributed by atoms with E-state index in [1.54, 1.807) is 29.7 Å². The Balaban J connectivity index is 0.00000226. The van der Waals surface area contributed by atoms with Crippen LogP contribution in [0.25, 0.3) is 22.3 Å². The van der Waals surface area contributed by atoms with Crippen molar-refractivity contribution < 1.29 is 28.9 Å². The van der Waals surface area contributed by atoms with Gasteiger partial charge in [0, 0.05) is 29.2 Å². The van der Waals surface area contributed by atoms with Gasteiger partial charge in [-0.05, 0) is 63.9 Å². The molecule has 1 unspecified atom stereocenters. The number of nitrogens with zero attached hydrogens (tertiary/aromatic N) is 2. The van der Waals surface area contributed by atoms with E-state index in [0.717, 1.165) is 22.0 Å². The highest BCUT2D eigenvalue weighted by Crippen LogP contribution is 2.38. The largest absolute Gasteiger partial charge is 0.489 e. The van der Waals surface area contributed by atoms with Gasteiger partial charge in [0.2, 0.25) is 0 Å². The van der Waals surface area contributed by atoms with Crippen molar-refractivity contribution in [3.8, 4) is 17.1 Å². The first kappa shape index (κ1) is 31.7. The Labute approximate surface area is 240 Å². The van der Waals surface area contributed by atoms with Crippen LogP contribution < -0.4 is 10.3 Å². The first-order chi connectivity index (χ1) is 19.5. The third-order valence-corrected chi connectivity index (χ3v) is 6.66. The molecule has 0 spiro atoms. The Kier molecular flexibility index (Phi) is 10.2. The molecular weight excluding hydrogens is 524 g/mol. The number of aliphatic hydroxyl groups is 1. The van der Waals surface area contributed by atoms with Crippen molar-refractivity contribution in [2.75, 3.05) is 13.7 Å². The highest BCUT2D eigenvalue weighted by molar-refractivity contribution is 5.90. The first-order valence-electron chi connectivity index (χ1n) is 13.9. The number of pyridine rings is 2. The van der Waals surface area contributed by atoms with Gasteiger partial charge in [0.25, 0.3) is 5.56 Å². The van der Waals surface area contributed by atoms with Crippen LogP contribution in [0.3, 0.4) is 0 Å². The number of carbonyl (C=O) groups excluding carboxylic acids is 2. The zero-order chi connectivity index (χ0) is 30.5. The summed E-state index contributed by atoms with van der Waals surface area (Å²) in [5.74, 6) is 0.156. The fraction of sp³-hybridized carbons (Fsp3) is 0.438. The molecular formula is C32H40N2O7. The van der Waals surface area contributed by atoms with Crippen LogP contribution in [0, 0.1) is 0 Å². The molecule has 0 aliphatic carbocycles. The summed E-state index contributed by atoms with van der Waals surface area (Å²) in [4.78, 5) is 42.1. The molecule has 1 atom stereocenters. The Bertz CT molecular complexity index is 1530. The minimum absolute atomic E-state index is 0.0239. The van der Waals surface area contributed by atoms with E-state index in [0.29, 0.717) is 42.0 Å². The fourth-order valence-corrected chi connectivity index (χ4v) is 4.83. The first-order valence-corrected chi connectivity index (χ1v) is 13.9. The molecule has 41 heavy (non-hydrogen) atoms. The van der Waals surface area contributed by atoms with Gasteiger partial charge >= 0.3 is 5.97 Å². The molecule has 1 aliphatic rings. The lowest BCUT2D eigenvalue weighted by Crippen LogP contribution is -2.26. The van der Waals surface area contributed by atoms with Crippen molar-refractivity contribution in [3.05, 3.63) is 68.5 Å². The van der Waals surface area contributed by atoms with Gasteiger partial charge in [-0.25, -0.2) is 9.78 Å². The van der Waals surface area contributed by atoms with Crippen molar-refractivity contribution in [1.82, 2.24) is 9.55 Å². The molecule has 9 nitrogen and oxygen atoms in total. The Morgan fingerprint density at radius 1 is 1.20 bits per heavy atom. The summed E-state index contributed by atoms with van der Waals surface area (Å²) in [7, 11) is 1.46. The van der Waals surface area contributed by atoms with E-state index in [2.05, 4.69) is 0 Å². The molecule has 0 saturated heterocycles. The van der Waals surface area contributed by atoms with Crippen LogP contribution in [0.5, 0.6) is 5.75 Å². The minimum atomic E-state index is -1.44. The number of rotatable bonds is 9. The zero-order valence-electron chi connectivity index (χ0n) is 25.2. The number of hydrogen-bond acceptors (Lipinski definition) is 8. The number of aryl methyl sites for hydroxylation is 1. The van der Waals surface area contributed by atoms with Crippen LogP contribution in [0.2, 0.25) is 0 Å². The van der Waals surface area contributed by atoms with Crippen LogP contribution in [-0.4, -0.2) is 46.2 Å². The number of ether oxygens (including phenoxy) is 3. The Morgan fingerprint density at radius 2 is 1.90 bits per heavy atom. The molecule has 9 heteroatoms. The maximum Gasteiger partial charge on any atom is 0.337 e. The van der Waals surface area contributed by atoms with Crippen LogP contribution in [0.1, 0.15) is 76.8 Å². The lowest BCUT2D eigenvalue weighted by Gasteiger charge is -2.20. The van der Waals surface area contributed by atoms with E-state index in [-0.39, 0.29) is 29.9 Å². The highest BCUT2D eigenvalue weighted by atomic mass is 16.6. The van der Waals surface area contributed by atoms with Crippen LogP contribution in [-0.2, 0) is 38.6 Å². The molecule has 4 rings (SSSR count). The summed E-state index contributed by atoms with van der Waals surface area (Å²) < 4.78 is 18.2. The number of hydrogen-bond donors (Lipinski definition) is 1. The summed E-state index contributed by atoms with van der Waals surface area (Å²) in [6, 6.07) is 7.18. The van der Waals surface area contributed by atoms with Gasteiger partial charge in [0.15, 0.2) is 6.29 Å². The number of carbonyl (C=O) groups is 2. The van der Waals surface area contributed by atoms with Crippen molar-refractivity contribution in [3.63, 3.8) is 0 Å². The second-order valence-electron chi connectivity index (χ2n) is 10.4. The van der Waals surface area contributed by atoms with Gasteiger partial charge in [-0.2, -0.15) is 0 Å². The summed E-state index contributed by atoms with van der Waals surface area (Å²) in [5.41, 5.74) is 3.81. The fourth-order valence-electron chi connectivity index (χ4n) is 4.83. The summed E-state index contributed by atoms with van der Waals surface area (Å²) in [6.07, 6.45) is 1.32. The summed E-state index contributed by atoms with van der Waals surface area (Å²) in [6.45, 7) is 13.6. The SMILES string of the molecule is C/C=C(\COc1ccc2nc3c(c(CC)c2c1)Cn1c-3cc(C(O)C=O)c(COC)c1=O)C(=O)OC(C)(C)C.CC. The van der Waals surface area contributed by atoms with Crippen molar-refractivity contribution in [2.24, 2.45) is 0 Å². The number of allylic oxidation sites excluding steroid dienone is 1. The van der Waals surface area contributed by atoms with E-state index >= 15 is 0 Å². The Hall–Kier alpha value is -3.82. The maximum atomic E-state index is 13.4. The molecule has 3 aromatic rings. The standard InChI is InChI=1S/C30H34N2O7.C2H6/c1-7-17(29(36)39-30(3,4)5)15-38-18-9-10-24-20(11-18)19(8-2)22-13-32-25(27(22)31-24)12-21(26(34)14-33)23(16-37-6)28(32)35;1-2/h7,9-12,14,26,34H,8,13,15-16H2,1-6H3;1-2H3/b17-7+;. The van der Waals surface area contributed by atoms with Crippen LogP contribution in [0.4, 0.5) is 0 Å². The predicted molar refractivity (Wildman–Crippen MR) is 158 cm³/mol. The highest BCUT2D eigenvalue weighted by Gasteiger charge is 2.29. The van der Waals surface area contributed by atoms with Gasteiger partial charge in [0.05, 0.1) is 35.6 Å². The van der Waals surface area contributed by atoms with Gasteiger partial charge < -0.3 is 28.7 Å². The van der Waals surface area contributed by atoms with Crippen molar-refractivity contribution in [2.45, 2.75) is 79.7 Å². The number of aldehydes is 1. The quantitative estimate of drug-likeness (QED) is 0.170. The summed E-state index contributed by atoms with van der Waals surface area (Å²) >= 11 is 0. The molecule has 0 saturated carbocycles. The minimum Gasteiger partial charge on any atom is -0.489 e. The average molecular weight is 565 g/mol. The number of aromatic nitrogens is 2. The number of methoxy groups -OCH3 is 1.